The third-order valence-electron chi connectivity index (χ3n) is 9.07. The first-order valence-corrected chi connectivity index (χ1v) is 22.5. The zero-order valence-corrected chi connectivity index (χ0v) is 33.7. The standard InChI is InChI=1S/C41H79O8P/c1-4-7-9-11-13-15-17-19-21-22-24-25-27-29-31-33-35-40(42)46-37-39(38-48-50(44,45)47-6-3)49-41(43)36-34-32-30-28-26-23-20-18-16-14-12-10-8-5-2/h18,20,39H,4-17,19,21-38H2,1-3H3,(H,44,45)/b20-18-. The summed E-state index contributed by atoms with van der Waals surface area (Å²) in [6.45, 7) is 5.48. The Morgan fingerprint density at radius 2 is 0.900 bits per heavy atom. The molecule has 0 aliphatic carbocycles. The van der Waals surface area contributed by atoms with Crippen LogP contribution in [0.5, 0.6) is 0 Å². The first-order chi connectivity index (χ1) is 24.3. The van der Waals surface area contributed by atoms with Crippen molar-refractivity contribution in [3.63, 3.8) is 0 Å². The number of rotatable bonds is 39. The van der Waals surface area contributed by atoms with E-state index in [9.17, 15) is 19.0 Å². The highest BCUT2D eigenvalue weighted by atomic mass is 31.2. The number of phosphoric ester groups is 1. The Morgan fingerprint density at radius 3 is 1.32 bits per heavy atom. The van der Waals surface area contributed by atoms with Gasteiger partial charge in [-0.05, 0) is 45.4 Å². The van der Waals surface area contributed by atoms with E-state index in [4.69, 9.17) is 18.5 Å². The second-order valence-electron chi connectivity index (χ2n) is 14.0. The van der Waals surface area contributed by atoms with Crippen LogP contribution in [0.1, 0.15) is 213 Å². The molecule has 0 aromatic heterocycles. The minimum Gasteiger partial charge on any atom is -0.462 e. The summed E-state index contributed by atoms with van der Waals surface area (Å²) in [6.07, 6.45) is 38.3. The number of hydrogen-bond donors (Lipinski definition) is 1. The summed E-state index contributed by atoms with van der Waals surface area (Å²) < 4.78 is 32.6. The molecule has 0 saturated heterocycles. The maximum Gasteiger partial charge on any atom is 0.472 e. The lowest BCUT2D eigenvalue weighted by Crippen LogP contribution is -2.29. The molecule has 1 N–H and O–H groups in total. The molecule has 0 bridgehead atoms. The molecule has 0 radical (unpaired) electrons. The van der Waals surface area contributed by atoms with Crippen molar-refractivity contribution in [2.75, 3.05) is 19.8 Å². The van der Waals surface area contributed by atoms with Gasteiger partial charge in [-0.15, -0.1) is 0 Å². The minimum atomic E-state index is -4.27. The van der Waals surface area contributed by atoms with Crippen LogP contribution >= 0.6 is 7.82 Å². The summed E-state index contributed by atoms with van der Waals surface area (Å²) in [5.41, 5.74) is 0. The quantitative estimate of drug-likeness (QED) is 0.0288. The summed E-state index contributed by atoms with van der Waals surface area (Å²) in [5, 5.41) is 0. The molecule has 0 spiro atoms. The van der Waals surface area contributed by atoms with E-state index in [1.807, 2.05) is 0 Å². The van der Waals surface area contributed by atoms with Crippen LogP contribution in [-0.4, -0.2) is 42.8 Å². The Labute approximate surface area is 308 Å². The third kappa shape index (κ3) is 36.6. The molecule has 0 amide bonds. The predicted octanol–water partition coefficient (Wildman–Crippen LogP) is 12.9. The Bertz CT molecular complexity index is 833. The fourth-order valence-corrected chi connectivity index (χ4v) is 6.73. The Hall–Kier alpha value is -1.21. The van der Waals surface area contributed by atoms with Gasteiger partial charge in [0.2, 0.25) is 0 Å². The molecule has 0 aliphatic rings. The van der Waals surface area contributed by atoms with Crippen LogP contribution in [0.15, 0.2) is 12.2 Å². The van der Waals surface area contributed by atoms with Gasteiger partial charge in [0.05, 0.1) is 13.2 Å². The van der Waals surface area contributed by atoms with Gasteiger partial charge in [0.25, 0.3) is 0 Å². The van der Waals surface area contributed by atoms with Crippen molar-refractivity contribution in [2.45, 2.75) is 219 Å². The molecule has 0 rings (SSSR count). The molecular formula is C41H79O8P. The van der Waals surface area contributed by atoms with E-state index >= 15 is 0 Å². The molecule has 0 aliphatic heterocycles. The summed E-state index contributed by atoms with van der Waals surface area (Å²) >= 11 is 0. The molecule has 0 saturated carbocycles. The maximum absolute atomic E-state index is 12.5. The van der Waals surface area contributed by atoms with E-state index in [2.05, 4.69) is 26.0 Å². The largest absolute Gasteiger partial charge is 0.472 e. The zero-order valence-electron chi connectivity index (χ0n) is 32.8. The lowest BCUT2D eigenvalue weighted by Gasteiger charge is -2.19. The number of allylic oxidation sites excluding steroid dienone is 2. The smallest absolute Gasteiger partial charge is 0.462 e. The molecule has 0 fully saturated rings. The van der Waals surface area contributed by atoms with Crippen molar-refractivity contribution >= 4 is 19.8 Å². The monoisotopic (exact) mass is 731 g/mol. The number of ether oxygens (including phenoxy) is 2. The molecule has 0 heterocycles. The van der Waals surface area contributed by atoms with Crippen molar-refractivity contribution in [3.05, 3.63) is 12.2 Å². The number of unbranched alkanes of at least 4 members (excludes halogenated alkanes) is 25. The average Bonchev–Trinajstić information content (AvgIpc) is 3.09. The van der Waals surface area contributed by atoms with Crippen LogP contribution in [0.25, 0.3) is 0 Å². The number of esters is 2. The fraction of sp³-hybridized carbons (Fsp3) is 0.902. The van der Waals surface area contributed by atoms with Gasteiger partial charge < -0.3 is 14.4 Å². The zero-order chi connectivity index (χ0) is 36.8. The fourth-order valence-electron chi connectivity index (χ4n) is 5.98. The molecular weight excluding hydrogens is 651 g/mol. The Balaban J connectivity index is 4.07. The van der Waals surface area contributed by atoms with E-state index < -0.39 is 26.5 Å². The van der Waals surface area contributed by atoms with Crippen molar-refractivity contribution in [1.29, 1.82) is 0 Å². The second-order valence-corrected chi connectivity index (χ2v) is 15.5. The van der Waals surface area contributed by atoms with E-state index in [1.165, 1.54) is 122 Å². The summed E-state index contributed by atoms with van der Waals surface area (Å²) in [5.74, 6) is -0.797. The van der Waals surface area contributed by atoms with Gasteiger partial charge in [0.15, 0.2) is 6.10 Å². The topological polar surface area (TPSA) is 108 Å². The van der Waals surface area contributed by atoms with Crippen LogP contribution in [-0.2, 0) is 32.7 Å². The van der Waals surface area contributed by atoms with Crippen LogP contribution in [0.4, 0.5) is 0 Å². The third-order valence-corrected chi connectivity index (χ3v) is 10.1. The molecule has 2 atom stereocenters. The van der Waals surface area contributed by atoms with Crippen molar-refractivity contribution in [3.8, 4) is 0 Å². The van der Waals surface area contributed by atoms with E-state index in [1.54, 1.807) is 6.92 Å². The highest BCUT2D eigenvalue weighted by Crippen LogP contribution is 2.43. The van der Waals surface area contributed by atoms with Crippen LogP contribution < -0.4 is 0 Å². The Morgan fingerprint density at radius 1 is 0.520 bits per heavy atom. The van der Waals surface area contributed by atoms with Gasteiger partial charge in [-0.25, -0.2) is 4.57 Å². The van der Waals surface area contributed by atoms with Crippen molar-refractivity contribution in [2.24, 2.45) is 0 Å². The highest BCUT2D eigenvalue weighted by molar-refractivity contribution is 7.47. The maximum atomic E-state index is 12.5. The molecule has 0 aromatic rings. The number of phosphoric acid groups is 1. The molecule has 50 heavy (non-hydrogen) atoms. The molecule has 9 heteroatoms. The van der Waals surface area contributed by atoms with Crippen LogP contribution in [0.2, 0.25) is 0 Å². The van der Waals surface area contributed by atoms with E-state index in [0.717, 1.165) is 51.4 Å². The minimum absolute atomic E-state index is 0.00192. The lowest BCUT2D eigenvalue weighted by atomic mass is 10.0. The predicted molar refractivity (Wildman–Crippen MR) is 207 cm³/mol. The number of carbonyl (C=O) groups excluding carboxylic acids is 2. The second kappa shape index (κ2) is 37.5. The molecule has 8 nitrogen and oxygen atoms in total. The normalized spacial score (nSPS) is 13.4. The lowest BCUT2D eigenvalue weighted by molar-refractivity contribution is -0.161. The summed E-state index contributed by atoms with van der Waals surface area (Å²) in [6, 6.07) is 0. The summed E-state index contributed by atoms with van der Waals surface area (Å²) in [7, 11) is -4.27. The number of hydrogen-bond acceptors (Lipinski definition) is 7. The summed E-state index contributed by atoms with van der Waals surface area (Å²) in [4.78, 5) is 34.7. The first kappa shape index (κ1) is 48.8. The molecule has 2 unspecified atom stereocenters. The van der Waals surface area contributed by atoms with Crippen LogP contribution in [0, 0.1) is 0 Å². The van der Waals surface area contributed by atoms with Gasteiger partial charge in [-0.1, -0.05) is 167 Å². The number of carbonyl (C=O) groups is 2. The average molecular weight is 731 g/mol. The van der Waals surface area contributed by atoms with Crippen molar-refractivity contribution in [1.82, 2.24) is 0 Å². The van der Waals surface area contributed by atoms with Gasteiger partial charge in [-0.2, -0.15) is 0 Å². The van der Waals surface area contributed by atoms with Gasteiger partial charge in [0, 0.05) is 12.8 Å². The molecule has 296 valence electrons. The highest BCUT2D eigenvalue weighted by Gasteiger charge is 2.25. The Kier molecular flexibility index (Phi) is 36.6. The van der Waals surface area contributed by atoms with Gasteiger partial charge in [-0.3, -0.25) is 18.6 Å². The van der Waals surface area contributed by atoms with Crippen molar-refractivity contribution < 1.29 is 37.6 Å². The van der Waals surface area contributed by atoms with E-state index in [-0.39, 0.29) is 25.6 Å². The first-order valence-electron chi connectivity index (χ1n) is 21.0. The van der Waals surface area contributed by atoms with Gasteiger partial charge >= 0.3 is 19.8 Å². The van der Waals surface area contributed by atoms with Gasteiger partial charge in [0.1, 0.15) is 6.61 Å². The molecule has 0 aromatic carbocycles. The SMILES string of the molecule is CCCCCCC/C=C\CCCCCCCC(=O)OC(COC(=O)CCCCCCCCCCCCCCCCCC)COP(=O)(O)OCC. The van der Waals surface area contributed by atoms with Crippen LogP contribution in [0.3, 0.4) is 0 Å². The van der Waals surface area contributed by atoms with E-state index in [0.29, 0.717) is 12.8 Å².